The number of amides is 1. The number of carbonyl (C=O) groups excluding carboxylic acids is 1. The van der Waals surface area contributed by atoms with E-state index in [4.69, 9.17) is 4.74 Å². The monoisotopic (exact) mass is 323 g/mol. The minimum atomic E-state index is -0.413. The zero-order chi connectivity index (χ0) is 16.9. The predicted octanol–water partition coefficient (Wildman–Crippen LogP) is 2.29. The van der Waals surface area contributed by atoms with Crippen LogP contribution in [0, 0.1) is 6.92 Å². The zero-order valence-corrected chi connectivity index (χ0v) is 13.4. The molecular formula is C17H17N5O2. The number of pyridine rings is 1. The first-order valence-electron chi connectivity index (χ1n) is 7.43. The van der Waals surface area contributed by atoms with Crippen LogP contribution in [0.4, 0.5) is 5.82 Å². The molecule has 2 heterocycles. The van der Waals surface area contributed by atoms with Gasteiger partial charge in [0, 0.05) is 6.20 Å². The molecule has 0 saturated carbocycles. The molecule has 3 aromatic rings. The molecule has 7 nitrogen and oxygen atoms in total. The second-order valence-corrected chi connectivity index (χ2v) is 5.26. The number of hydrogen-bond acceptors (Lipinski definition) is 5. The molecule has 0 aliphatic carbocycles. The fourth-order valence-corrected chi connectivity index (χ4v) is 2.29. The number of aryl methyl sites for hydroxylation is 1. The molecule has 0 radical (unpaired) electrons. The Morgan fingerprint density at radius 2 is 2.04 bits per heavy atom. The van der Waals surface area contributed by atoms with Crippen LogP contribution in [0.3, 0.4) is 0 Å². The third kappa shape index (κ3) is 3.40. The summed E-state index contributed by atoms with van der Waals surface area (Å²) in [6, 6.07) is 13.4. The first-order valence-corrected chi connectivity index (χ1v) is 7.43. The molecule has 0 bridgehead atoms. The molecule has 1 N–H and O–H groups in total. The summed E-state index contributed by atoms with van der Waals surface area (Å²) < 4.78 is 6.88. The maximum Gasteiger partial charge on any atom is 0.283 e. The van der Waals surface area contributed by atoms with Gasteiger partial charge < -0.3 is 10.1 Å². The van der Waals surface area contributed by atoms with Crippen molar-refractivity contribution in [2.45, 2.75) is 13.5 Å². The van der Waals surface area contributed by atoms with Crippen LogP contribution >= 0.6 is 0 Å². The Kier molecular flexibility index (Phi) is 4.51. The smallest absolute Gasteiger partial charge is 0.283 e. The van der Waals surface area contributed by atoms with Gasteiger partial charge >= 0.3 is 0 Å². The lowest BCUT2D eigenvalue weighted by Gasteiger charge is -2.07. The van der Waals surface area contributed by atoms with Crippen LogP contribution in [0.1, 0.15) is 21.6 Å². The van der Waals surface area contributed by atoms with Gasteiger partial charge in [-0.25, -0.2) is 9.67 Å². The molecule has 0 unspecified atom stereocenters. The van der Waals surface area contributed by atoms with Gasteiger partial charge in [-0.1, -0.05) is 35.5 Å². The van der Waals surface area contributed by atoms with Gasteiger partial charge in [0.05, 0.1) is 13.7 Å². The van der Waals surface area contributed by atoms with Gasteiger partial charge in [0.15, 0.2) is 0 Å². The van der Waals surface area contributed by atoms with Crippen molar-refractivity contribution in [2.24, 2.45) is 0 Å². The summed E-state index contributed by atoms with van der Waals surface area (Å²) in [6.07, 6.45) is 1.63. The number of hydrogen-bond donors (Lipinski definition) is 1. The van der Waals surface area contributed by atoms with Crippen molar-refractivity contribution in [3.05, 3.63) is 65.5 Å². The van der Waals surface area contributed by atoms with E-state index in [2.05, 4.69) is 20.6 Å². The highest BCUT2D eigenvalue weighted by Crippen LogP contribution is 2.18. The number of nitrogens with zero attached hydrogens (tertiary/aromatic N) is 4. The maximum absolute atomic E-state index is 12.4. The first-order chi connectivity index (χ1) is 11.7. The number of ether oxygens (including phenoxy) is 1. The average molecular weight is 323 g/mol. The van der Waals surface area contributed by atoms with Gasteiger partial charge in [0.1, 0.15) is 5.82 Å². The zero-order valence-electron chi connectivity index (χ0n) is 13.4. The number of anilines is 1. The van der Waals surface area contributed by atoms with Gasteiger partial charge in [-0.3, -0.25) is 4.79 Å². The van der Waals surface area contributed by atoms with Crippen LogP contribution < -0.4 is 10.1 Å². The van der Waals surface area contributed by atoms with E-state index in [-0.39, 0.29) is 5.69 Å². The maximum atomic E-state index is 12.4. The van der Waals surface area contributed by atoms with Gasteiger partial charge in [-0.2, -0.15) is 0 Å². The molecule has 3 rings (SSSR count). The molecule has 0 aliphatic heterocycles. The van der Waals surface area contributed by atoms with E-state index >= 15 is 0 Å². The Hall–Kier alpha value is -3.22. The lowest BCUT2D eigenvalue weighted by molar-refractivity contribution is 0.101. The van der Waals surface area contributed by atoms with Crippen molar-refractivity contribution < 1.29 is 9.53 Å². The van der Waals surface area contributed by atoms with Crippen LogP contribution in [0.5, 0.6) is 5.88 Å². The first kappa shape index (κ1) is 15.7. The average Bonchev–Trinajstić information content (AvgIpc) is 2.98. The van der Waals surface area contributed by atoms with Crippen LogP contribution in [0.25, 0.3) is 0 Å². The van der Waals surface area contributed by atoms with Gasteiger partial charge in [-0.15, -0.1) is 5.10 Å². The largest absolute Gasteiger partial charge is 0.479 e. The number of aromatic nitrogens is 4. The van der Waals surface area contributed by atoms with Crippen molar-refractivity contribution in [1.82, 2.24) is 20.0 Å². The van der Waals surface area contributed by atoms with E-state index in [1.807, 2.05) is 43.3 Å². The number of carbonyl (C=O) groups is 1. The van der Waals surface area contributed by atoms with Crippen LogP contribution in [0.2, 0.25) is 0 Å². The molecule has 1 aromatic carbocycles. The summed E-state index contributed by atoms with van der Waals surface area (Å²) in [5.74, 6) is 0.355. The SMILES string of the molecule is COc1c(C(=O)Nc2cc(C)ccn2)nnn1Cc1ccccc1. The Balaban J connectivity index is 1.82. The van der Waals surface area contributed by atoms with Crippen LogP contribution in [0.15, 0.2) is 48.7 Å². The Labute approximate surface area is 139 Å². The van der Waals surface area contributed by atoms with E-state index < -0.39 is 5.91 Å². The molecule has 24 heavy (non-hydrogen) atoms. The van der Waals surface area contributed by atoms with Crippen molar-refractivity contribution in [3.63, 3.8) is 0 Å². The molecule has 1 amide bonds. The van der Waals surface area contributed by atoms with Crippen LogP contribution in [-0.4, -0.2) is 33.0 Å². The highest BCUT2D eigenvalue weighted by Gasteiger charge is 2.21. The lowest BCUT2D eigenvalue weighted by Crippen LogP contribution is -2.15. The van der Waals surface area contributed by atoms with Crippen molar-refractivity contribution >= 4 is 11.7 Å². The van der Waals surface area contributed by atoms with Crippen LogP contribution in [-0.2, 0) is 6.54 Å². The predicted molar refractivity (Wildman–Crippen MR) is 89.0 cm³/mol. The summed E-state index contributed by atoms with van der Waals surface area (Å²) in [4.78, 5) is 16.5. The molecule has 122 valence electrons. The van der Waals surface area contributed by atoms with Gasteiger partial charge in [0.2, 0.25) is 11.6 Å². The highest BCUT2D eigenvalue weighted by molar-refractivity contribution is 6.03. The fraction of sp³-hybridized carbons (Fsp3) is 0.176. The normalized spacial score (nSPS) is 10.4. The summed E-state index contributed by atoms with van der Waals surface area (Å²) in [5, 5.41) is 10.7. The van der Waals surface area contributed by atoms with E-state index in [0.29, 0.717) is 18.2 Å². The molecule has 0 saturated heterocycles. The van der Waals surface area contributed by atoms with E-state index in [9.17, 15) is 4.79 Å². The lowest BCUT2D eigenvalue weighted by atomic mass is 10.2. The molecule has 0 spiro atoms. The fourth-order valence-electron chi connectivity index (χ4n) is 2.29. The number of methoxy groups -OCH3 is 1. The number of nitrogens with one attached hydrogen (secondary N) is 1. The third-order valence-electron chi connectivity index (χ3n) is 3.43. The molecule has 7 heteroatoms. The van der Waals surface area contributed by atoms with Gasteiger partial charge in [0.25, 0.3) is 5.91 Å². The van der Waals surface area contributed by atoms with E-state index in [0.717, 1.165) is 11.1 Å². The van der Waals surface area contributed by atoms with Crippen molar-refractivity contribution in [1.29, 1.82) is 0 Å². The van der Waals surface area contributed by atoms with Crippen molar-refractivity contribution in [2.75, 3.05) is 12.4 Å². The molecule has 0 atom stereocenters. The van der Waals surface area contributed by atoms with E-state index in [1.165, 1.54) is 7.11 Å². The quantitative estimate of drug-likeness (QED) is 0.779. The summed E-state index contributed by atoms with van der Waals surface area (Å²) >= 11 is 0. The third-order valence-corrected chi connectivity index (χ3v) is 3.43. The molecule has 0 aliphatic rings. The molecular weight excluding hydrogens is 306 g/mol. The Morgan fingerprint density at radius 1 is 1.25 bits per heavy atom. The second-order valence-electron chi connectivity index (χ2n) is 5.26. The minimum absolute atomic E-state index is 0.122. The summed E-state index contributed by atoms with van der Waals surface area (Å²) in [5.41, 5.74) is 2.16. The second kappa shape index (κ2) is 6.91. The topological polar surface area (TPSA) is 81.9 Å². The minimum Gasteiger partial charge on any atom is -0.479 e. The summed E-state index contributed by atoms with van der Waals surface area (Å²) in [6.45, 7) is 2.39. The molecule has 2 aromatic heterocycles. The number of rotatable bonds is 5. The Bertz CT molecular complexity index is 845. The van der Waals surface area contributed by atoms with Crippen molar-refractivity contribution in [3.8, 4) is 5.88 Å². The van der Waals surface area contributed by atoms with Gasteiger partial charge in [-0.05, 0) is 30.2 Å². The number of benzene rings is 1. The standard InChI is InChI=1S/C17H17N5O2/c1-12-8-9-18-14(10-12)19-16(23)15-17(24-2)22(21-20-15)11-13-6-4-3-5-7-13/h3-10H,11H2,1-2H3,(H,18,19,23). The van der Waals surface area contributed by atoms with E-state index in [1.54, 1.807) is 16.9 Å². The molecule has 0 fully saturated rings. The highest BCUT2D eigenvalue weighted by atomic mass is 16.5. The Morgan fingerprint density at radius 3 is 2.75 bits per heavy atom. The summed E-state index contributed by atoms with van der Waals surface area (Å²) in [7, 11) is 1.49.